The van der Waals surface area contributed by atoms with Gasteiger partial charge in [-0.05, 0) is 18.4 Å². The lowest BCUT2D eigenvalue weighted by Crippen LogP contribution is -2.07. The monoisotopic (exact) mass is 188 g/mol. The Morgan fingerprint density at radius 2 is 2.17 bits per heavy atom. The van der Waals surface area contributed by atoms with Crippen LogP contribution in [0.2, 0.25) is 0 Å². The van der Waals surface area contributed by atoms with E-state index < -0.39 is 5.97 Å². The second-order valence-corrected chi connectivity index (χ2v) is 2.51. The van der Waals surface area contributed by atoms with E-state index >= 15 is 0 Å². The number of carbonyl (C=O) groups excluding carboxylic acids is 1. The zero-order valence-corrected chi connectivity index (χ0v) is 8.07. The van der Waals surface area contributed by atoms with E-state index in [4.69, 9.17) is 4.74 Å². The summed E-state index contributed by atoms with van der Waals surface area (Å²) in [5, 5.41) is 2.37. The molecule has 68 valence electrons. The molecule has 0 aliphatic heterocycles. The fourth-order valence-corrected chi connectivity index (χ4v) is 0.999. The fraction of sp³-hybridized carbons (Fsp3) is 0.625. The molecule has 0 saturated carbocycles. The molecular weight excluding hydrogens is 176 g/mol. The average molecular weight is 188 g/mol. The van der Waals surface area contributed by atoms with Crippen molar-refractivity contribution in [3.05, 3.63) is 5.57 Å². The second-order valence-electron chi connectivity index (χ2n) is 2.13. The Morgan fingerprint density at radius 1 is 1.50 bits per heavy atom. The summed E-state index contributed by atoms with van der Waals surface area (Å²) in [6, 6.07) is 0. The first kappa shape index (κ1) is 11.1. The molecule has 12 heavy (non-hydrogen) atoms. The van der Waals surface area contributed by atoms with Gasteiger partial charge in [0, 0.05) is 0 Å². The normalized spacial score (nSPS) is 8.50. The third kappa shape index (κ3) is 4.11. The van der Waals surface area contributed by atoms with Gasteiger partial charge < -0.3 is 4.74 Å². The van der Waals surface area contributed by atoms with Crippen LogP contribution in [0.5, 0.6) is 0 Å². The van der Waals surface area contributed by atoms with Crippen LogP contribution >= 0.6 is 0 Å². The maximum atomic E-state index is 11.0. The van der Waals surface area contributed by atoms with Gasteiger partial charge in [-0.3, -0.25) is 0 Å². The summed E-state index contributed by atoms with van der Waals surface area (Å²) in [6.45, 7) is 3.99. The summed E-state index contributed by atoms with van der Waals surface area (Å²) >= 11 is 0.166. The molecule has 0 radical (unpaired) electrons. The predicted molar refractivity (Wildman–Crippen MR) is 48.2 cm³/mol. The van der Waals surface area contributed by atoms with Gasteiger partial charge in [0.1, 0.15) is 11.3 Å². The lowest BCUT2D eigenvalue weighted by Gasteiger charge is -2.00. The topological polar surface area (TPSA) is 43.4 Å². The number of carbonyl (C=O) groups is 1. The number of rotatable bonds is 4. The van der Waals surface area contributed by atoms with E-state index in [-0.39, 0.29) is 11.3 Å². The molecule has 0 rings (SSSR count). The van der Waals surface area contributed by atoms with Gasteiger partial charge >= 0.3 is 5.97 Å². The zero-order valence-electron chi connectivity index (χ0n) is 7.25. The zero-order chi connectivity index (χ0) is 9.40. The van der Waals surface area contributed by atoms with E-state index in [0.29, 0.717) is 18.6 Å². The quantitative estimate of drug-likeness (QED) is 0.374. The first-order chi connectivity index (χ1) is 5.76. The fourth-order valence-electron chi connectivity index (χ4n) is 0.713. The van der Waals surface area contributed by atoms with E-state index in [0.717, 1.165) is 6.42 Å². The lowest BCUT2D eigenvalue weighted by atomic mass is 10.2. The van der Waals surface area contributed by atoms with Crippen LogP contribution in [0.3, 0.4) is 0 Å². The molecule has 4 heteroatoms. The molecule has 0 spiro atoms. The maximum Gasteiger partial charge on any atom is 0.342 e. The Labute approximate surface area is 75.5 Å². The molecule has 0 aromatic heterocycles. The van der Waals surface area contributed by atoms with Crippen molar-refractivity contribution < 1.29 is 13.7 Å². The molecule has 0 aromatic carbocycles. The first-order valence-electron chi connectivity index (χ1n) is 3.84. The average Bonchev–Trinajstić information content (AvgIpc) is 2.04. The van der Waals surface area contributed by atoms with Crippen molar-refractivity contribution in [3.63, 3.8) is 0 Å². The SMILES string of the molecule is CCCC(=C=S=O)C(=O)OCC. The van der Waals surface area contributed by atoms with Crippen molar-refractivity contribution >= 4 is 22.2 Å². The molecular formula is C8H12O3S. The lowest BCUT2D eigenvalue weighted by molar-refractivity contribution is -0.138. The Hall–Kier alpha value is -0.860. The summed E-state index contributed by atoms with van der Waals surface area (Å²) in [5.41, 5.74) is 0.347. The van der Waals surface area contributed by atoms with Crippen molar-refractivity contribution in [2.75, 3.05) is 6.61 Å². The largest absolute Gasteiger partial charge is 0.462 e. The summed E-state index contributed by atoms with van der Waals surface area (Å²) in [7, 11) is 0. The standard InChI is InChI=1S/C8H12O3S/c1-3-5-7(6-12-10)8(9)11-4-2/h3-5H2,1-2H3. The highest BCUT2D eigenvalue weighted by Crippen LogP contribution is 2.02. The highest BCUT2D eigenvalue weighted by atomic mass is 32.1. The van der Waals surface area contributed by atoms with Crippen LogP contribution in [0.25, 0.3) is 0 Å². The highest BCUT2D eigenvalue weighted by Gasteiger charge is 2.08. The third-order valence-electron chi connectivity index (χ3n) is 1.19. The third-order valence-corrected chi connectivity index (χ3v) is 1.52. The first-order valence-corrected chi connectivity index (χ1v) is 4.58. The Bertz CT molecular complexity index is 235. The molecule has 3 nitrogen and oxygen atoms in total. The molecule has 0 aromatic rings. The summed E-state index contributed by atoms with van der Waals surface area (Å²) in [5.74, 6) is -0.428. The molecule has 0 fully saturated rings. The highest BCUT2D eigenvalue weighted by molar-refractivity contribution is 7.64. The van der Waals surface area contributed by atoms with Crippen molar-refractivity contribution in [1.82, 2.24) is 0 Å². The van der Waals surface area contributed by atoms with Crippen LogP contribution in [-0.4, -0.2) is 21.8 Å². The smallest absolute Gasteiger partial charge is 0.342 e. The van der Waals surface area contributed by atoms with E-state index in [1.54, 1.807) is 6.92 Å². The van der Waals surface area contributed by atoms with Gasteiger partial charge in [0.05, 0.1) is 12.2 Å². The maximum absolute atomic E-state index is 11.0. The molecule has 0 aliphatic rings. The van der Waals surface area contributed by atoms with Gasteiger partial charge in [-0.2, -0.15) is 0 Å². The van der Waals surface area contributed by atoms with E-state index in [9.17, 15) is 9.00 Å². The van der Waals surface area contributed by atoms with E-state index in [1.807, 2.05) is 6.92 Å². The van der Waals surface area contributed by atoms with Crippen LogP contribution in [0.15, 0.2) is 5.57 Å². The predicted octanol–water partition coefficient (Wildman–Crippen LogP) is 0.890. The Kier molecular flexibility index (Phi) is 6.34. The van der Waals surface area contributed by atoms with Gasteiger partial charge in [0.15, 0.2) is 0 Å². The van der Waals surface area contributed by atoms with Gasteiger partial charge in [0.25, 0.3) is 0 Å². The molecule has 0 amide bonds. The number of esters is 1. The molecule has 0 saturated heterocycles. The summed E-state index contributed by atoms with van der Waals surface area (Å²) in [4.78, 5) is 11.0. The second kappa shape index (κ2) is 6.83. The van der Waals surface area contributed by atoms with Crippen molar-refractivity contribution in [2.24, 2.45) is 0 Å². The van der Waals surface area contributed by atoms with Crippen molar-refractivity contribution in [2.45, 2.75) is 26.7 Å². The van der Waals surface area contributed by atoms with Gasteiger partial charge in [-0.15, -0.1) is 0 Å². The molecule has 0 heterocycles. The molecule has 0 atom stereocenters. The minimum atomic E-state index is -0.428. The van der Waals surface area contributed by atoms with E-state index in [1.165, 1.54) is 0 Å². The molecule has 0 N–H and O–H groups in total. The van der Waals surface area contributed by atoms with Crippen LogP contribution in [0, 0.1) is 0 Å². The number of ether oxygens (including phenoxy) is 1. The molecule has 0 aliphatic carbocycles. The van der Waals surface area contributed by atoms with E-state index in [2.05, 4.69) is 5.02 Å². The van der Waals surface area contributed by atoms with Gasteiger partial charge in [-0.1, -0.05) is 13.3 Å². The Morgan fingerprint density at radius 3 is 2.58 bits per heavy atom. The van der Waals surface area contributed by atoms with Crippen LogP contribution in [0.1, 0.15) is 26.7 Å². The van der Waals surface area contributed by atoms with Crippen LogP contribution in [-0.2, 0) is 20.8 Å². The minimum Gasteiger partial charge on any atom is -0.462 e. The summed E-state index contributed by atoms with van der Waals surface area (Å²) in [6.07, 6.45) is 1.36. The van der Waals surface area contributed by atoms with Crippen LogP contribution < -0.4 is 0 Å². The van der Waals surface area contributed by atoms with Gasteiger partial charge in [0.2, 0.25) is 0 Å². The molecule has 0 unspecified atom stereocenters. The number of hydrogen-bond acceptors (Lipinski definition) is 3. The van der Waals surface area contributed by atoms with Gasteiger partial charge in [-0.25, -0.2) is 9.00 Å². The van der Waals surface area contributed by atoms with Crippen molar-refractivity contribution in [1.29, 1.82) is 0 Å². The van der Waals surface area contributed by atoms with Crippen molar-refractivity contribution in [3.8, 4) is 0 Å². The minimum absolute atomic E-state index is 0.166. The molecule has 0 bridgehead atoms. The van der Waals surface area contributed by atoms with Crippen LogP contribution in [0.4, 0.5) is 0 Å². The summed E-state index contributed by atoms with van der Waals surface area (Å²) < 4.78 is 14.8. The number of hydrogen-bond donors (Lipinski definition) is 0. The Balaban J connectivity index is 4.42.